The number of hydrogen-bond donors (Lipinski definition) is 1. The summed E-state index contributed by atoms with van der Waals surface area (Å²) < 4.78 is 0. The molecule has 5 nitrogen and oxygen atoms in total. The number of carbonyl (C=O) groups is 1. The van der Waals surface area contributed by atoms with Gasteiger partial charge in [-0.25, -0.2) is 0 Å². The highest BCUT2D eigenvalue weighted by molar-refractivity contribution is 5.78. The first-order valence-corrected chi connectivity index (χ1v) is 6.72. The van der Waals surface area contributed by atoms with Gasteiger partial charge in [-0.2, -0.15) is 0 Å². The number of nitrogens with two attached hydrogens (primary N) is 1. The van der Waals surface area contributed by atoms with Crippen LogP contribution in [0.25, 0.3) is 0 Å². The maximum atomic E-state index is 12.1. The van der Waals surface area contributed by atoms with E-state index in [1.54, 1.807) is 0 Å². The molecule has 0 aliphatic carbocycles. The molecule has 0 spiro atoms. The zero-order chi connectivity index (χ0) is 12.1. The minimum Gasteiger partial charge on any atom is -0.339 e. The summed E-state index contributed by atoms with van der Waals surface area (Å²) in [6, 6.07) is 0. The van der Waals surface area contributed by atoms with Gasteiger partial charge in [0.15, 0.2) is 0 Å². The van der Waals surface area contributed by atoms with Crippen LogP contribution in [0.3, 0.4) is 0 Å². The second-order valence-corrected chi connectivity index (χ2v) is 4.99. The van der Waals surface area contributed by atoms with Gasteiger partial charge in [0.1, 0.15) is 0 Å². The molecule has 2 aliphatic rings. The van der Waals surface area contributed by atoms with Crippen LogP contribution in [-0.2, 0) is 4.79 Å². The smallest absolute Gasteiger partial charge is 0.236 e. The van der Waals surface area contributed by atoms with Crippen LogP contribution in [0.4, 0.5) is 0 Å². The van der Waals surface area contributed by atoms with Crippen molar-refractivity contribution in [3.05, 3.63) is 0 Å². The summed E-state index contributed by atoms with van der Waals surface area (Å²) in [6.45, 7) is 8.16. The van der Waals surface area contributed by atoms with Crippen LogP contribution < -0.4 is 5.73 Å². The van der Waals surface area contributed by atoms with Gasteiger partial charge in [-0.05, 0) is 25.9 Å². The van der Waals surface area contributed by atoms with Crippen molar-refractivity contribution in [2.75, 3.05) is 58.9 Å². The fourth-order valence-electron chi connectivity index (χ4n) is 2.64. The molecule has 0 aromatic rings. The third-order valence-corrected chi connectivity index (χ3v) is 3.73. The maximum Gasteiger partial charge on any atom is 0.236 e. The fourth-order valence-corrected chi connectivity index (χ4v) is 2.64. The Labute approximate surface area is 104 Å². The Kier molecular flexibility index (Phi) is 4.76. The quantitative estimate of drug-likeness (QED) is 0.698. The van der Waals surface area contributed by atoms with Gasteiger partial charge in [0.05, 0.1) is 6.54 Å². The summed E-state index contributed by atoms with van der Waals surface area (Å²) in [6.07, 6.45) is 2.50. The van der Waals surface area contributed by atoms with E-state index in [-0.39, 0.29) is 0 Å². The summed E-state index contributed by atoms with van der Waals surface area (Å²) in [7, 11) is 0. The van der Waals surface area contributed by atoms with Crippen LogP contribution in [-0.4, -0.2) is 79.5 Å². The van der Waals surface area contributed by atoms with Gasteiger partial charge in [0.25, 0.3) is 0 Å². The third kappa shape index (κ3) is 3.66. The van der Waals surface area contributed by atoms with Crippen LogP contribution in [0.2, 0.25) is 0 Å². The molecule has 0 unspecified atom stereocenters. The Morgan fingerprint density at radius 2 is 1.59 bits per heavy atom. The van der Waals surface area contributed by atoms with Gasteiger partial charge < -0.3 is 10.6 Å². The largest absolute Gasteiger partial charge is 0.339 e. The summed E-state index contributed by atoms with van der Waals surface area (Å²) in [5.74, 6) is 0.305. The minimum atomic E-state index is 0.305. The van der Waals surface area contributed by atoms with Crippen molar-refractivity contribution in [1.82, 2.24) is 14.7 Å². The number of amides is 1. The van der Waals surface area contributed by atoms with Crippen molar-refractivity contribution in [3.63, 3.8) is 0 Å². The molecule has 2 saturated heterocycles. The van der Waals surface area contributed by atoms with Crippen LogP contribution in [0.1, 0.15) is 12.8 Å². The topological polar surface area (TPSA) is 52.8 Å². The zero-order valence-corrected chi connectivity index (χ0v) is 10.6. The molecule has 0 aromatic heterocycles. The number of hydrogen-bond acceptors (Lipinski definition) is 4. The molecule has 98 valence electrons. The monoisotopic (exact) mass is 240 g/mol. The van der Waals surface area contributed by atoms with Crippen molar-refractivity contribution in [1.29, 1.82) is 0 Å². The Morgan fingerprint density at radius 3 is 2.18 bits per heavy atom. The first-order chi connectivity index (χ1) is 8.29. The van der Waals surface area contributed by atoms with E-state index in [4.69, 9.17) is 5.73 Å². The minimum absolute atomic E-state index is 0.305. The second-order valence-electron chi connectivity index (χ2n) is 4.99. The first-order valence-electron chi connectivity index (χ1n) is 6.72. The Bertz CT molecular complexity index is 245. The molecule has 0 aromatic carbocycles. The molecule has 1 amide bonds. The van der Waals surface area contributed by atoms with Gasteiger partial charge in [-0.3, -0.25) is 14.6 Å². The lowest BCUT2D eigenvalue weighted by Gasteiger charge is -2.35. The fraction of sp³-hybridized carbons (Fsp3) is 0.917. The second kappa shape index (κ2) is 6.33. The number of likely N-dealkylation sites (tertiary alicyclic amines) is 1. The molecule has 2 N–H and O–H groups in total. The van der Waals surface area contributed by atoms with Crippen LogP contribution in [0, 0.1) is 0 Å². The van der Waals surface area contributed by atoms with E-state index in [1.807, 2.05) is 4.90 Å². The van der Waals surface area contributed by atoms with Crippen molar-refractivity contribution in [2.24, 2.45) is 5.73 Å². The van der Waals surface area contributed by atoms with E-state index in [2.05, 4.69) is 9.80 Å². The lowest BCUT2D eigenvalue weighted by molar-refractivity contribution is -0.133. The van der Waals surface area contributed by atoms with Gasteiger partial charge in [0.2, 0.25) is 5.91 Å². The summed E-state index contributed by atoms with van der Waals surface area (Å²) >= 11 is 0. The molecule has 5 heteroatoms. The van der Waals surface area contributed by atoms with E-state index in [9.17, 15) is 4.79 Å². The van der Waals surface area contributed by atoms with Crippen LogP contribution >= 0.6 is 0 Å². The molecule has 2 aliphatic heterocycles. The van der Waals surface area contributed by atoms with Crippen LogP contribution in [0.15, 0.2) is 0 Å². The predicted molar refractivity (Wildman–Crippen MR) is 67.7 cm³/mol. The zero-order valence-electron chi connectivity index (χ0n) is 10.6. The molecule has 17 heavy (non-hydrogen) atoms. The molecule has 2 fully saturated rings. The van der Waals surface area contributed by atoms with E-state index in [0.29, 0.717) is 19.0 Å². The lowest BCUT2D eigenvalue weighted by Crippen LogP contribution is -2.51. The van der Waals surface area contributed by atoms with E-state index >= 15 is 0 Å². The first kappa shape index (κ1) is 12.8. The Balaban J connectivity index is 1.70. The molecule has 2 rings (SSSR count). The molecule has 0 bridgehead atoms. The number of piperazine rings is 1. The van der Waals surface area contributed by atoms with E-state index in [1.165, 1.54) is 12.8 Å². The molecule has 0 atom stereocenters. The normalized spacial score (nSPS) is 23.2. The molecular weight excluding hydrogens is 216 g/mol. The number of nitrogens with zero attached hydrogens (tertiary/aromatic N) is 3. The predicted octanol–water partition coefficient (Wildman–Crippen LogP) is -0.815. The molecule has 0 saturated carbocycles. The van der Waals surface area contributed by atoms with Gasteiger partial charge >= 0.3 is 0 Å². The highest BCUT2D eigenvalue weighted by Gasteiger charge is 2.23. The SMILES string of the molecule is NCCN1CCN(C(=O)CN2CCCC2)CC1. The number of carbonyl (C=O) groups excluding carboxylic acids is 1. The highest BCUT2D eigenvalue weighted by Crippen LogP contribution is 2.08. The highest BCUT2D eigenvalue weighted by atomic mass is 16.2. The standard InChI is InChI=1S/C12H24N4O/c13-3-6-14-7-9-16(10-8-14)12(17)11-15-4-1-2-5-15/h1-11,13H2. The summed E-state index contributed by atoms with van der Waals surface area (Å²) in [4.78, 5) is 18.7. The Hall–Kier alpha value is -0.650. The van der Waals surface area contributed by atoms with E-state index < -0.39 is 0 Å². The average molecular weight is 240 g/mol. The maximum absolute atomic E-state index is 12.1. The average Bonchev–Trinajstić information content (AvgIpc) is 2.83. The van der Waals surface area contributed by atoms with Gasteiger partial charge in [-0.1, -0.05) is 0 Å². The summed E-state index contributed by atoms with van der Waals surface area (Å²) in [5, 5.41) is 0. The van der Waals surface area contributed by atoms with Crippen molar-refractivity contribution in [2.45, 2.75) is 12.8 Å². The van der Waals surface area contributed by atoms with Crippen molar-refractivity contribution >= 4 is 5.91 Å². The molecule has 0 radical (unpaired) electrons. The Morgan fingerprint density at radius 1 is 0.941 bits per heavy atom. The summed E-state index contributed by atoms with van der Waals surface area (Å²) in [5.41, 5.74) is 5.53. The van der Waals surface area contributed by atoms with Crippen molar-refractivity contribution < 1.29 is 4.79 Å². The van der Waals surface area contributed by atoms with Crippen LogP contribution in [0.5, 0.6) is 0 Å². The van der Waals surface area contributed by atoms with Crippen molar-refractivity contribution in [3.8, 4) is 0 Å². The van der Waals surface area contributed by atoms with Gasteiger partial charge in [-0.15, -0.1) is 0 Å². The van der Waals surface area contributed by atoms with E-state index in [0.717, 1.165) is 45.8 Å². The number of rotatable bonds is 4. The third-order valence-electron chi connectivity index (χ3n) is 3.73. The lowest BCUT2D eigenvalue weighted by atomic mass is 10.3. The van der Waals surface area contributed by atoms with Gasteiger partial charge in [0, 0.05) is 39.3 Å². The molecule has 2 heterocycles. The molecular formula is C12H24N4O.